The van der Waals surface area contributed by atoms with Crippen LogP contribution in [0.25, 0.3) is 11.2 Å². The summed E-state index contributed by atoms with van der Waals surface area (Å²) in [6.07, 6.45) is -0.999. The van der Waals surface area contributed by atoms with E-state index in [1.54, 1.807) is 13.8 Å². The highest BCUT2D eigenvalue weighted by Crippen LogP contribution is 2.49. The first kappa shape index (κ1) is 21.8. The number of aromatic nitrogens is 4. The van der Waals surface area contributed by atoms with E-state index in [-0.39, 0.29) is 25.4 Å². The normalized spacial score (nSPS) is 25.5. The standard InChI is InChI=1S/C15H21FIN4O6P/c1-4-25-28(22,26-5-2)8-24-15-10(17)9(16)14(27-15)21-7-20-11-12(21)18-6-19-13(11)23-3/h6-7,9-10,14-15H,4-5,8H2,1-3H3. The number of hydrogen-bond donors (Lipinski definition) is 0. The van der Waals surface area contributed by atoms with Crippen molar-refractivity contribution >= 4 is 41.4 Å². The minimum Gasteiger partial charge on any atom is -0.479 e. The molecule has 1 aliphatic heterocycles. The molecule has 2 aromatic heterocycles. The third kappa shape index (κ3) is 4.31. The average molecular weight is 530 g/mol. The van der Waals surface area contributed by atoms with Gasteiger partial charge in [0.1, 0.15) is 6.33 Å². The number of ether oxygens (including phenoxy) is 3. The Labute approximate surface area is 174 Å². The fourth-order valence-electron chi connectivity index (χ4n) is 2.78. The summed E-state index contributed by atoms with van der Waals surface area (Å²) in [6.45, 7) is 3.81. The third-order valence-electron chi connectivity index (χ3n) is 3.95. The number of hydrogen-bond acceptors (Lipinski definition) is 9. The first-order valence-electron chi connectivity index (χ1n) is 8.59. The first-order valence-corrected chi connectivity index (χ1v) is 11.6. The maximum atomic E-state index is 15.0. The van der Waals surface area contributed by atoms with Crippen molar-refractivity contribution < 1.29 is 32.2 Å². The van der Waals surface area contributed by atoms with E-state index in [9.17, 15) is 8.96 Å². The summed E-state index contributed by atoms with van der Waals surface area (Å²) in [4.78, 5) is 12.3. The molecule has 4 atom stereocenters. The second-order valence-corrected chi connectivity index (χ2v) is 9.17. The van der Waals surface area contributed by atoms with Crippen molar-refractivity contribution in [3.63, 3.8) is 0 Å². The van der Waals surface area contributed by atoms with Crippen LogP contribution in [0.2, 0.25) is 0 Å². The fraction of sp³-hybridized carbons (Fsp3) is 0.667. The predicted molar refractivity (Wildman–Crippen MR) is 105 cm³/mol. The van der Waals surface area contributed by atoms with Gasteiger partial charge in [0, 0.05) is 0 Å². The van der Waals surface area contributed by atoms with Gasteiger partial charge < -0.3 is 23.3 Å². The van der Waals surface area contributed by atoms with Gasteiger partial charge in [0.15, 0.2) is 36.2 Å². The predicted octanol–water partition coefficient (Wildman–Crippen LogP) is 3.07. The van der Waals surface area contributed by atoms with E-state index in [0.717, 1.165) is 0 Å². The van der Waals surface area contributed by atoms with E-state index in [2.05, 4.69) is 15.0 Å². The van der Waals surface area contributed by atoms with Gasteiger partial charge in [0.2, 0.25) is 5.88 Å². The maximum absolute atomic E-state index is 15.0. The Morgan fingerprint density at radius 1 is 1.29 bits per heavy atom. The Balaban J connectivity index is 1.77. The van der Waals surface area contributed by atoms with E-state index in [4.69, 9.17) is 23.3 Å². The number of nitrogens with zero attached hydrogens (tertiary/aromatic N) is 4. The van der Waals surface area contributed by atoms with Gasteiger partial charge >= 0.3 is 7.60 Å². The van der Waals surface area contributed by atoms with Crippen LogP contribution in [0.15, 0.2) is 12.7 Å². The lowest BCUT2D eigenvalue weighted by Gasteiger charge is -2.20. The highest BCUT2D eigenvalue weighted by Gasteiger charge is 2.47. The molecule has 0 N–H and O–H groups in total. The molecule has 10 nitrogen and oxygen atoms in total. The molecule has 0 aliphatic carbocycles. The van der Waals surface area contributed by atoms with Gasteiger partial charge in [-0.1, -0.05) is 22.6 Å². The van der Waals surface area contributed by atoms with Gasteiger partial charge in [-0.3, -0.25) is 9.13 Å². The number of rotatable bonds is 9. The second kappa shape index (κ2) is 9.26. The van der Waals surface area contributed by atoms with Crippen molar-refractivity contribution in [3.8, 4) is 5.88 Å². The van der Waals surface area contributed by atoms with Crippen LogP contribution < -0.4 is 4.74 Å². The van der Waals surface area contributed by atoms with Gasteiger partial charge in [0.05, 0.1) is 30.6 Å². The average Bonchev–Trinajstić information content (AvgIpc) is 3.22. The van der Waals surface area contributed by atoms with Crippen LogP contribution in [0, 0.1) is 0 Å². The van der Waals surface area contributed by atoms with Crippen LogP contribution >= 0.6 is 30.2 Å². The number of fused-ring (bicyclic) bond motifs is 1. The molecule has 0 aromatic carbocycles. The van der Waals surface area contributed by atoms with E-state index in [0.29, 0.717) is 11.2 Å². The zero-order chi connectivity index (χ0) is 20.3. The fourth-order valence-corrected chi connectivity index (χ4v) is 4.85. The Morgan fingerprint density at radius 2 is 2.00 bits per heavy atom. The summed E-state index contributed by atoms with van der Waals surface area (Å²) in [6, 6.07) is 0. The second-order valence-electron chi connectivity index (χ2n) is 5.73. The summed E-state index contributed by atoms with van der Waals surface area (Å²) in [5.41, 5.74) is 0.769. The van der Waals surface area contributed by atoms with Gasteiger partial charge in [-0.15, -0.1) is 0 Å². The molecular weight excluding hydrogens is 509 g/mol. The Morgan fingerprint density at radius 3 is 2.64 bits per heavy atom. The van der Waals surface area contributed by atoms with Crippen LogP contribution in [0.5, 0.6) is 5.88 Å². The summed E-state index contributed by atoms with van der Waals surface area (Å²) in [7, 11) is -1.97. The largest absolute Gasteiger partial charge is 0.479 e. The highest BCUT2D eigenvalue weighted by atomic mass is 127. The van der Waals surface area contributed by atoms with Crippen molar-refractivity contribution in [2.24, 2.45) is 0 Å². The van der Waals surface area contributed by atoms with E-state index >= 15 is 0 Å². The highest BCUT2D eigenvalue weighted by molar-refractivity contribution is 14.1. The van der Waals surface area contributed by atoms with Crippen molar-refractivity contribution in [3.05, 3.63) is 12.7 Å². The molecular formula is C15H21FIN4O6P. The van der Waals surface area contributed by atoms with E-state index in [1.165, 1.54) is 24.3 Å². The van der Waals surface area contributed by atoms with Crippen molar-refractivity contribution in [2.45, 2.75) is 36.5 Å². The molecule has 4 unspecified atom stereocenters. The molecule has 0 radical (unpaired) electrons. The van der Waals surface area contributed by atoms with Gasteiger partial charge in [-0.25, -0.2) is 14.4 Å². The molecule has 1 aliphatic rings. The number of methoxy groups -OCH3 is 1. The minimum absolute atomic E-state index is 0.205. The molecule has 0 amide bonds. The molecule has 156 valence electrons. The van der Waals surface area contributed by atoms with Crippen LogP contribution in [0.1, 0.15) is 20.1 Å². The summed E-state index contributed by atoms with van der Waals surface area (Å²) in [5.74, 6) is 0.283. The lowest BCUT2D eigenvalue weighted by atomic mass is 10.3. The molecule has 0 bridgehead atoms. The lowest BCUT2D eigenvalue weighted by molar-refractivity contribution is -0.141. The Hall–Kier alpha value is -0.920. The zero-order valence-corrected chi connectivity index (χ0v) is 18.6. The topological polar surface area (TPSA) is 107 Å². The molecule has 0 spiro atoms. The summed E-state index contributed by atoms with van der Waals surface area (Å²) < 4.78 is 55.1. The first-order chi connectivity index (χ1) is 13.4. The van der Waals surface area contributed by atoms with Crippen LogP contribution in [0.3, 0.4) is 0 Å². The molecule has 2 aromatic rings. The molecule has 1 saturated heterocycles. The minimum atomic E-state index is -3.43. The Bertz CT molecular complexity index is 847. The zero-order valence-electron chi connectivity index (χ0n) is 15.5. The van der Waals surface area contributed by atoms with Crippen molar-refractivity contribution in [1.29, 1.82) is 0 Å². The molecule has 13 heteroatoms. The quantitative estimate of drug-likeness (QED) is 0.275. The van der Waals surface area contributed by atoms with Crippen molar-refractivity contribution in [1.82, 2.24) is 19.5 Å². The van der Waals surface area contributed by atoms with Crippen molar-refractivity contribution in [2.75, 3.05) is 26.7 Å². The van der Waals surface area contributed by atoms with E-state index < -0.39 is 30.2 Å². The monoisotopic (exact) mass is 530 g/mol. The van der Waals surface area contributed by atoms with Gasteiger partial charge in [-0.2, -0.15) is 4.98 Å². The molecule has 0 saturated carbocycles. The van der Waals surface area contributed by atoms with Crippen LogP contribution in [0.4, 0.5) is 4.39 Å². The van der Waals surface area contributed by atoms with E-state index in [1.807, 2.05) is 22.6 Å². The van der Waals surface area contributed by atoms with Crippen LogP contribution in [-0.4, -0.2) is 62.6 Å². The number of imidazole rings is 1. The number of halogens is 2. The number of alkyl halides is 2. The third-order valence-corrected chi connectivity index (χ3v) is 6.99. The van der Waals surface area contributed by atoms with Gasteiger partial charge in [-0.05, 0) is 13.8 Å². The SMILES string of the molecule is CCOP(=O)(COC1OC(n2cnc3c(OC)ncnc32)C(F)C1I)OCC. The molecule has 1 fully saturated rings. The Kier molecular flexibility index (Phi) is 7.21. The molecule has 3 heterocycles. The molecule has 3 rings (SSSR count). The summed E-state index contributed by atoms with van der Waals surface area (Å²) >= 11 is 1.90. The smallest absolute Gasteiger partial charge is 0.356 e. The summed E-state index contributed by atoms with van der Waals surface area (Å²) in [5, 5.41) is 0. The lowest BCUT2D eigenvalue weighted by Crippen LogP contribution is -2.25. The van der Waals surface area contributed by atoms with Gasteiger partial charge in [0.25, 0.3) is 0 Å². The van der Waals surface area contributed by atoms with Crippen LogP contribution in [-0.2, 0) is 23.1 Å². The maximum Gasteiger partial charge on any atom is 0.356 e. The molecule has 28 heavy (non-hydrogen) atoms.